The van der Waals surface area contributed by atoms with Gasteiger partial charge in [-0.1, -0.05) is 66.2 Å². The van der Waals surface area contributed by atoms with Crippen LogP contribution in [-0.2, 0) is 6.54 Å². The molecule has 2 heterocycles. The number of para-hydroxylation sites is 2. The first kappa shape index (κ1) is 19.5. The van der Waals surface area contributed by atoms with Gasteiger partial charge in [0.05, 0.1) is 22.9 Å². The van der Waals surface area contributed by atoms with E-state index in [4.69, 9.17) is 11.6 Å². The zero-order chi connectivity index (χ0) is 21.4. The zero-order valence-corrected chi connectivity index (χ0v) is 17.9. The number of benzene rings is 3. The number of aromatic nitrogens is 1. The molecule has 1 aromatic heterocycles. The van der Waals surface area contributed by atoms with Crippen LogP contribution in [0, 0.1) is 6.92 Å². The molecule has 0 bridgehead atoms. The molecule has 4 nitrogen and oxygen atoms in total. The third-order valence-corrected chi connectivity index (χ3v) is 6.15. The molecule has 5 heteroatoms. The Kier molecular flexibility index (Phi) is 5.00. The molecular formula is C26H22ClN3O. The van der Waals surface area contributed by atoms with Gasteiger partial charge < -0.3 is 14.8 Å². The van der Waals surface area contributed by atoms with Gasteiger partial charge in [0.25, 0.3) is 0 Å². The standard InChI is InChI=1S/C26H22ClN3O/c1-18-9-2-4-11-20(18)25-24-15-8-16-29(24)23-14-7-3-10-19(23)17-30(25)26(31)28-22-13-6-5-12-21(22)27/h2-16,25H,17H2,1H3,(H,28,31)/t25-/m1/s1. The van der Waals surface area contributed by atoms with Crippen molar-refractivity contribution in [1.29, 1.82) is 0 Å². The summed E-state index contributed by atoms with van der Waals surface area (Å²) in [6, 6.07) is 27.5. The van der Waals surface area contributed by atoms with Crippen LogP contribution in [0.25, 0.3) is 5.69 Å². The molecule has 1 N–H and O–H groups in total. The van der Waals surface area contributed by atoms with Gasteiger partial charge in [0, 0.05) is 11.9 Å². The van der Waals surface area contributed by atoms with Gasteiger partial charge >= 0.3 is 6.03 Å². The highest BCUT2D eigenvalue weighted by molar-refractivity contribution is 6.33. The third kappa shape index (κ3) is 3.49. The van der Waals surface area contributed by atoms with Crippen molar-refractivity contribution in [3.05, 3.63) is 119 Å². The van der Waals surface area contributed by atoms with Crippen LogP contribution in [0.3, 0.4) is 0 Å². The van der Waals surface area contributed by atoms with Gasteiger partial charge in [-0.25, -0.2) is 4.79 Å². The molecule has 1 atom stereocenters. The number of nitrogens with zero attached hydrogens (tertiary/aromatic N) is 2. The predicted octanol–water partition coefficient (Wildman–Crippen LogP) is 6.58. The first-order valence-corrected chi connectivity index (χ1v) is 10.6. The molecule has 5 rings (SSSR count). The SMILES string of the molecule is Cc1ccccc1[C@@H]1c2cccn2-c2ccccc2CN1C(=O)Nc1ccccc1Cl. The molecule has 0 spiro atoms. The van der Waals surface area contributed by atoms with Gasteiger partial charge in [0.15, 0.2) is 0 Å². The van der Waals surface area contributed by atoms with E-state index in [9.17, 15) is 4.79 Å². The van der Waals surface area contributed by atoms with Crippen molar-refractivity contribution >= 4 is 23.3 Å². The van der Waals surface area contributed by atoms with E-state index in [1.165, 1.54) is 0 Å². The summed E-state index contributed by atoms with van der Waals surface area (Å²) in [6.07, 6.45) is 2.06. The van der Waals surface area contributed by atoms with E-state index in [-0.39, 0.29) is 12.1 Å². The lowest BCUT2D eigenvalue weighted by Crippen LogP contribution is -2.38. The lowest BCUT2D eigenvalue weighted by molar-refractivity contribution is 0.194. The van der Waals surface area contributed by atoms with Gasteiger partial charge in [-0.05, 0) is 53.9 Å². The Labute approximate surface area is 186 Å². The average molecular weight is 428 g/mol. The smallest absolute Gasteiger partial charge is 0.318 e. The number of urea groups is 1. The van der Waals surface area contributed by atoms with Crippen LogP contribution < -0.4 is 5.32 Å². The first-order valence-electron chi connectivity index (χ1n) is 10.3. The fraction of sp³-hybridized carbons (Fsp3) is 0.115. The summed E-state index contributed by atoms with van der Waals surface area (Å²) >= 11 is 6.33. The molecule has 154 valence electrons. The number of halogens is 1. The van der Waals surface area contributed by atoms with E-state index in [1.807, 2.05) is 53.4 Å². The molecule has 0 fully saturated rings. The number of carbonyl (C=O) groups excluding carboxylic acids is 1. The van der Waals surface area contributed by atoms with Crippen LogP contribution in [0.2, 0.25) is 5.02 Å². The number of fused-ring (bicyclic) bond motifs is 3. The van der Waals surface area contributed by atoms with Gasteiger partial charge in [-0.3, -0.25) is 0 Å². The summed E-state index contributed by atoms with van der Waals surface area (Å²) in [5.74, 6) is 0. The number of hydrogen-bond donors (Lipinski definition) is 1. The molecule has 0 saturated heterocycles. The van der Waals surface area contributed by atoms with Gasteiger partial charge in [0.2, 0.25) is 0 Å². The Hall–Kier alpha value is -3.50. The largest absolute Gasteiger partial charge is 0.323 e. The van der Waals surface area contributed by atoms with Crippen LogP contribution in [0.15, 0.2) is 91.1 Å². The molecule has 2 amide bonds. The normalized spacial score (nSPS) is 15.0. The number of rotatable bonds is 2. The number of nitrogens with one attached hydrogen (secondary N) is 1. The zero-order valence-electron chi connectivity index (χ0n) is 17.1. The minimum Gasteiger partial charge on any atom is -0.318 e. The summed E-state index contributed by atoms with van der Waals surface area (Å²) in [4.78, 5) is 15.5. The maximum absolute atomic E-state index is 13.7. The molecule has 0 unspecified atom stereocenters. The van der Waals surface area contributed by atoms with Crippen LogP contribution in [0.5, 0.6) is 0 Å². The number of carbonyl (C=O) groups is 1. The Balaban J connectivity index is 1.66. The Bertz CT molecular complexity index is 1260. The van der Waals surface area contributed by atoms with Crippen molar-refractivity contribution in [3.63, 3.8) is 0 Å². The maximum Gasteiger partial charge on any atom is 0.323 e. The molecule has 1 aliphatic rings. The van der Waals surface area contributed by atoms with Crippen molar-refractivity contribution in [3.8, 4) is 5.69 Å². The van der Waals surface area contributed by atoms with E-state index in [2.05, 4.69) is 53.3 Å². The minimum atomic E-state index is -0.244. The predicted molar refractivity (Wildman–Crippen MR) is 125 cm³/mol. The number of amides is 2. The highest BCUT2D eigenvalue weighted by Gasteiger charge is 2.33. The van der Waals surface area contributed by atoms with Crippen molar-refractivity contribution in [2.24, 2.45) is 0 Å². The molecule has 0 aliphatic carbocycles. The van der Waals surface area contributed by atoms with Crippen molar-refractivity contribution in [2.75, 3.05) is 5.32 Å². The van der Waals surface area contributed by atoms with Crippen LogP contribution >= 0.6 is 11.6 Å². The number of aryl methyl sites for hydroxylation is 1. The van der Waals surface area contributed by atoms with E-state index < -0.39 is 0 Å². The second kappa shape index (κ2) is 7.97. The Morgan fingerprint density at radius 3 is 2.52 bits per heavy atom. The van der Waals surface area contributed by atoms with Crippen LogP contribution in [-0.4, -0.2) is 15.5 Å². The van der Waals surface area contributed by atoms with Crippen molar-refractivity contribution in [2.45, 2.75) is 19.5 Å². The molecular weight excluding hydrogens is 406 g/mol. The molecule has 3 aromatic carbocycles. The molecule has 0 radical (unpaired) electrons. The summed E-state index contributed by atoms with van der Waals surface area (Å²) < 4.78 is 2.19. The van der Waals surface area contributed by atoms with E-state index in [0.717, 1.165) is 28.1 Å². The lowest BCUT2D eigenvalue weighted by atomic mass is 9.97. The van der Waals surface area contributed by atoms with Crippen LogP contribution in [0.4, 0.5) is 10.5 Å². The van der Waals surface area contributed by atoms with E-state index in [0.29, 0.717) is 17.3 Å². The quantitative estimate of drug-likeness (QED) is 0.385. The number of hydrogen-bond acceptors (Lipinski definition) is 1. The monoisotopic (exact) mass is 427 g/mol. The summed E-state index contributed by atoms with van der Waals surface area (Å²) in [7, 11) is 0. The molecule has 4 aromatic rings. The summed E-state index contributed by atoms with van der Waals surface area (Å²) in [5, 5.41) is 3.54. The van der Waals surface area contributed by atoms with Crippen molar-refractivity contribution in [1.82, 2.24) is 9.47 Å². The third-order valence-electron chi connectivity index (χ3n) is 5.82. The van der Waals surface area contributed by atoms with E-state index in [1.54, 1.807) is 6.07 Å². The lowest BCUT2D eigenvalue weighted by Gasteiger charge is -2.32. The fourth-order valence-corrected chi connectivity index (χ4v) is 4.49. The molecule has 31 heavy (non-hydrogen) atoms. The van der Waals surface area contributed by atoms with Crippen LogP contribution in [0.1, 0.15) is 28.4 Å². The fourth-order valence-electron chi connectivity index (χ4n) is 4.31. The Morgan fingerprint density at radius 1 is 0.935 bits per heavy atom. The highest BCUT2D eigenvalue weighted by Crippen LogP contribution is 2.38. The minimum absolute atomic E-state index is 0.189. The second-order valence-corrected chi connectivity index (χ2v) is 8.14. The number of anilines is 1. The molecule has 0 saturated carbocycles. The van der Waals surface area contributed by atoms with Gasteiger partial charge in [-0.15, -0.1) is 0 Å². The van der Waals surface area contributed by atoms with Gasteiger partial charge in [0.1, 0.15) is 6.04 Å². The average Bonchev–Trinajstić information content (AvgIpc) is 3.21. The first-order chi connectivity index (χ1) is 15.1. The summed E-state index contributed by atoms with van der Waals surface area (Å²) in [6.45, 7) is 2.57. The highest BCUT2D eigenvalue weighted by atomic mass is 35.5. The maximum atomic E-state index is 13.7. The second-order valence-electron chi connectivity index (χ2n) is 7.73. The molecule has 1 aliphatic heterocycles. The summed E-state index contributed by atoms with van der Waals surface area (Å²) in [5.41, 5.74) is 6.07. The topological polar surface area (TPSA) is 37.3 Å². The van der Waals surface area contributed by atoms with E-state index >= 15 is 0 Å². The Morgan fingerprint density at radius 2 is 1.68 bits per heavy atom. The van der Waals surface area contributed by atoms with Gasteiger partial charge in [-0.2, -0.15) is 0 Å². The van der Waals surface area contributed by atoms with Crippen molar-refractivity contribution < 1.29 is 4.79 Å².